The van der Waals surface area contributed by atoms with Crippen LogP contribution in [0.2, 0.25) is 0 Å². The Morgan fingerprint density at radius 1 is 1.10 bits per heavy atom. The van der Waals surface area contributed by atoms with Gasteiger partial charge in [-0.05, 0) is 60.7 Å². The molecule has 0 spiro atoms. The van der Waals surface area contributed by atoms with Gasteiger partial charge in [-0.25, -0.2) is 4.39 Å². The van der Waals surface area contributed by atoms with Crippen molar-refractivity contribution in [2.45, 2.75) is 25.9 Å². The molecule has 3 aromatic rings. The number of thiophene rings is 1. The molecule has 0 fully saturated rings. The van der Waals surface area contributed by atoms with Crippen molar-refractivity contribution in [1.82, 2.24) is 10.2 Å². The normalized spacial score (nSPS) is 14.7. The zero-order valence-electron chi connectivity index (χ0n) is 16.7. The van der Waals surface area contributed by atoms with E-state index in [9.17, 15) is 14.0 Å². The molecule has 6 heteroatoms. The van der Waals surface area contributed by atoms with Gasteiger partial charge in [-0.1, -0.05) is 18.2 Å². The first-order chi connectivity index (χ1) is 14.5. The lowest BCUT2D eigenvalue weighted by atomic mass is 9.98. The van der Waals surface area contributed by atoms with E-state index in [1.165, 1.54) is 34.7 Å². The Morgan fingerprint density at radius 2 is 1.83 bits per heavy atom. The molecule has 1 N–H and O–H groups in total. The molecule has 1 amide bonds. The van der Waals surface area contributed by atoms with E-state index >= 15 is 0 Å². The van der Waals surface area contributed by atoms with E-state index < -0.39 is 5.82 Å². The predicted octanol–water partition coefficient (Wildman–Crippen LogP) is 4.29. The van der Waals surface area contributed by atoms with Crippen molar-refractivity contribution in [3.63, 3.8) is 0 Å². The van der Waals surface area contributed by atoms with E-state index in [0.29, 0.717) is 23.2 Å². The number of carbonyl (C=O) groups is 2. The van der Waals surface area contributed by atoms with Crippen LogP contribution in [0.5, 0.6) is 0 Å². The first-order valence-electron chi connectivity index (χ1n) is 9.99. The summed E-state index contributed by atoms with van der Waals surface area (Å²) in [5.74, 6) is -0.977. The number of nitrogens with zero attached hydrogens (tertiary/aromatic N) is 1. The monoisotopic (exact) mass is 422 g/mol. The van der Waals surface area contributed by atoms with Crippen LogP contribution in [0.15, 0.2) is 60.0 Å². The van der Waals surface area contributed by atoms with Crippen molar-refractivity contribution in [3.8, 4) is 0 Å². The highest BCUT2D eigenvalue weighted by Gasteiger charge is 2.23. The minimum Gasteiger partial charge on any atom is -0.350 e. The van der Waals surface area contributed by atoms with Gasteiger partial charge in [-0.3, -0.25) is 14.5 Å². The van der Waals surface area contributed by atoms with Gasteiger partial charge < -0.3 is 5.32 Å². The molecule has 30 heavy (non-hydrogen) atoms. The fourth-order valence-corrected chi connectivity index (χ4v) is 4.64. The molecule has 154 valence electrons. The summed E-state index contributed by atoms with van der Waals surface area (Å²) in [7, 11) is 0. The predicted molar refractivity (Wildman–Crippen MR) is 117 cm³/mol. The van der Waals surface area contributed by atoms with E-state index in [1.807, 2.05) is 11.3 Å². The number of hydrogen-bond acceptors (Lipinski definition) is 4. The summed E-state index contributed by atoms with van der Waals surface area (Å²) < 4.78 is 13.2. The summed E-state index contributed by atoms with van der Waals surface area (Å²) in [5.41, 5.74) is 2.37. The van der Waals surface area contributed by atoms with E-state index in [4.69, 9.17) is 0 Å². The van der Waals surface area contributed by atoms with Crippen molar-refractivity contribution < 1.29 is 14.0 Å². The minimum absolute atomic E-state index is 0.182. The Morgan fingerprint density at radius 3 is 2.60 bits per heavy atom. The number of rotatable bonds is 6. The molecule has 1 aliphatic rings. The minimum atomic E-state index is -0.404. The van der Waals surface area contributed by atoms with E-state index in [0.717, 1.165) is 19.5 Å². The highest BCUT2D eigenvalue weighted by Crippen LogP contribution is 2.25. The summed E-state index contributed by atoms with van der Waals surface area (Å²) in [6.07, 6.45) is 1.04. The van der Waals surface area contributed by atoms with E-state index in [1.54, 1.807) is 24.3 Å². The summed E-state index contributed by atoms with van der Waals surface area (Å²) >= 11 is 1.81. The van der Waals surface area contributed by atoms with Crippen LogP contribution in [0.25, 0.3) is 0 Å². The number of hydrogen-bond donors (Lipinski definition) is 1. The van der Waals surface area contributed by atoms with E-state index in [2.05, 4.69) is 28.6 Å². The molecule has 1 aromatic heterocycles. The lowest BCUT2D eigenvalue weighted by Gasteiger charge is -2.32. The molecular weight excluding hydrogens is 399 g/mol. The molecule has 2 heterocycles. The Bertz CT molecular complexity index is 1060. The van der Waals surface area contributed by atoms with Crippen molar-refractivity contribution >= 4 is 23.0 Å². The maximum absolute atomic E-state index is 13.2. The fraction of sp³-hybridized carbons (Fsp3) is 0.250. The third-order valence-electron chi connectivity index (χ3n) is 5.54. The Balaban J connectivity index is 1.43. The van der Waals surface area contributed by atoms with Gasteiger partial charge in [-0.15, -0.1) is 11.3 Å². The van der Waals surface area contributed by atoms with Gasteiger partial charge in [-0.2, -0.15) is 0 Å². The lowest BCUT2D eigenvalue weighted by molar-refractivity contribution is 0.0923. The van der Waals surface area contributed by atoms with Gasteiger partial charge >= 0.3 is 0 Å². The SMILES string of the molecule is CC(CNC(=O)c1ccccc1C(=O)c1ccc(F)cc1)N1CCc2sccc2C1. The first kappa shape index (κ1) is 20.4. The maximum Gasteiger partial charge on any atom is 0.252 e. The number of ketones is 1. The van der Waals surface area contributed by atoms with Gasteiger partial charge in [0.05, 0.1) is 5.56 Å². The summed E-state index contributed by atoms with van der Waals surface area (Å²) in [5, 5.41) is 5.11. The fourth-order valence-electron chi connectivity index (χ4n) is 3.75. The summed E-state index contributed by atoms with van der Waals surface area (Å²) in [6.45, 7) is 4.48. The Hall–Kier alpha value is -2.83. The smallest absolute Gasteiger partial charge is 0.252 e. The Labute approximate surface area is 179 Å². The standard InChI is InChI=1S/C24H23FN2O2S/c1-16(27-12-10-22-18(15-27)11-13-30-22)14-26-24(29)21-5-3-2-4-20(21)23(28)17-6-8-19(25)9-7-17/h2-9,11,13,16H,10,12,14-15H2,1H3,(H,26,29). The summed E-state index contributed by atoms with van der Waals surface area (Å²) in [6, 6.07) is 14.5. The molecule has 2 aromatic carbocycles. The number of benzene rings is 2. The quantitative estimate of drug-likeness (QED) is 0.603. The second kappa shape index (κ2) is 8.90. The average molecular weight is 423 g/mol. The molecule has 0 bridgehead atoms. The molecule has 0 aliphatic carbocycles. The molecule has 4 nitrogen and oxygen atoms in total. The molecule has 1 aliphatic heterocycles. The zero-order valence-corrected chi connectivity index (χ0v) is 17.5. The number of amides is 1. The van der Waals surface area contributed by atoms with Crippen molar-refractivity contribution in [2.24, 2.45) is 0 Å². The first-order valence-corrected chi connectivity index (χ1v) is 10.9. The highest BCUT2D eigenvalue weighted by molar-refractivity contribution is 7.10. The molecule has 1 atom stereocenters. The number of fused-ring (bicyclic) bond motifs is 1. The molecule has 1 unspecified atom stereocenters. The number of halogens is 1. The van der Waals surface area contributed by atoms with Crippen LogP contribution in [0.3, 0.4) is 0 Å². The van der Waals surface area contributed by atoms with E-state index in [-0.39, 0.29) is 17.7 Å². The summed E-state index contributed by atoms with van der Waals surface area (Å²) in [4.78, 5) is 29.5. The molecular formula is C24H23FN2O2S. The van der Waals surface area contributed by atoms with Gasteiger partial charge in [0.15, 0.2) is 5.78 Å². The van der Waals surface area contributed by atoms with Crippen molar-refractivity contribution in [2.75, 3.05) is 13.1 Å². The van der Waals surface area contributed by atoms with Crippen LogP contribution in [0.4, 0.5) is 4.39 Å². The lowest BCUT2D eigenvalue weighted by Crippen LogP contribution is -2.44. The molecule has 0 radical (unpaired) electrons. The third-order valence-corrected chi connectivity index (χ3v) is 6.56. The average Bonchev–Trinajstić information content (AvgIpc) is 3.25. The Kier molecular flexibility index (Phi) is 6.06. The number of nitrogens with one attached hydrogen (secondary N) is 1. The second-order valence-electron chi connectivity index (χ2n) is 7.53. The third kappa shape index (κ3) is 4.35. The van der Waals surface area contributed by atoms with Crippen LogP contribution in [0, 0.1) is 5.82 Å². The second-order valence-corrected chi connectivity index (χ2v) is 8.53. The van der Waals surface area contributed by atoms with Crippen LogP contribution >= 0.6 is 11.3 Å². The molecule has 0 saturated heterocycles. The zero-order chi connectivity index (χ0) is 21.1. The number of carbonyl (C=O) groups excluding carboxylic acids is 2. The van der Waals surface area contributed by atoms with Crippen molar-refractivity contribution in [3.05, 3.63) is 92.9 Å². The maximum atomic E-state index is 13.2. The van der Waals surface area contributed by atoms with Crippen LogP contribution < -0.4 is 5.32 Å². The van der Waals surface area contributed by atoms with Crippen LogP contribution in [0.1, 0.15) is 43.6 Å². The van der Waals surface area contributed by atoms with Crippen LogP contribution in [-0.2, 0) is 13.0 Å². The van der Waals surface area contributed by atoms with Gasteiger partial charge in [0.25, 0.3) is 5.91 Å². The largest absolute Gasteiger partial charge is 0.350 e. The van der Waals surface area contributed by atoms with Gasteiger partial charge in [0.1, 0.15) is 5.82 Å². The van der Waals surface area contributed by atoms with Crippen LogP contribution in [-0.4, -0.2) is 35.7 Å². The van der Waals surface area contributed by atoms with Gasteiger partial charge in [0, 0.05) is 41.7 Å². The molecule has 0 saturated carbocycles. The molecule has 4 rings (SSSR count). The highest BCUT2D eigenvalue weighted by atomic mass is 32.1. The van der Waals surface area contributed by atoms with Gasteiger partial charge in [0.2, 0.25) is 0 Å². The topological polar surface area (TPSA) is 49.4 Å². The van der Waals surface area contributed by atoms with Crippen molar-refractivity contribution in [1.29, 1.82) is 0 Å².